The molecule has 1 saturated heterocycles. The summed E-state index contributed by atoms with van der Waals surface area (Å²) in [6, 6.07) is 4.22. The average Bonchev–Trinajstić information content (AvgIpc) is 3.38. The monoisotopic (exact) mass is 365 g/mol. The molecule has 2 fully saturated rings. The summed E-state index contributed by atoms with van der Waals surface area (Å²) in [5.74, 6) is 1.23. The minimum Gasteiger partial charge on any atom is -0.384 e. The Morgan fingerprint density at radius 1 is 1.04 bits per heavy atom. The first-order chi connectivity index (χ1) is 13.3. The van der Waals surface area contributed by atoms with Crippen LogP contribution < -0.4 is 10.6 Å². The molecule has 0 aromatic carbocycles. The summed E-state index contributed by atoms with van der Waals surface area (Å²) in [7, 11) is 0. The van der Waals surface area contributed by atoms with Crippen LogP contribution in [0.4, 0.5) is 11.8 Å². The molecule has 0 spiro atoms. The van der Waals surface area contributed by atoms with E-state index in [-0.39, 0.29) is 0 Å². The number of nitrogen functional groups attached to an aromatic ring is 1. The summed E-state index contributed by atoms with van der Waals surface area (Å²) in [5.41, 5.74) is 9.21. The lowest BCUT2D eigenvalue weighted by Gasteiger charge is -2.27. The van der Waals surface area contributed by atoms with Crippen LogP contribution in [0.1, 0.15) is 31.7 Å². The topological polar surface area (TPSA) is 95.0 Å². The highest BCUT2D eigenvalue weighted by atomic mass is 16.5. The van der Waals surface area contributed by atoms with Crippen molar-refractivity contribution in [1.82, 2.24) is 24.5 Å². The number of fused-ring (bicyclic) bond motifs is 1. The number of aromatic nitrogens is 5. The average molecular weight is 365 g/mol. The molecule has 1 aliphatic heterocycles. The highest BCUT2D eigenvalue weighted by Gasteiger charge is 2.24. The number of nitrogens with zero attached hydrogens (tertiary/aromatic N) is 6. The van der Waals surface area contributed by atoms with Crippen molar-refractivity contribution in [3.63, 3.8) is 0 Å². The maximum Gasteiger partial charge on any atom is 0.228 e. The first-order valence-electron chi connectivity index (χ1n) is 9.59. The minimum atomic E-state index is 0.472. The molecular formula is C19H23N7O. The van der Waals surface area contributed by atoms with Crippen LogP contribution in [0.5, 0.6) is 0 Å². The second-order valence-electron chi connectivity index (χ2n) is 7.21. The quantitative estimate of drug-likeness (QED) is 0.761. The number of rotatable bonds is 3. The van der Waals surface area contributed by atoms with E-state index < -0.39 is 0 Å². The molecule has 0 radical (unpaired) electrons. The third-order valence-corrected chi connectivity index (χ3v) is 5.48. The van der Waals surface area contributed by atoms with Gasteiger partial charge in [-0.3, -0.25) is 0 Å². The van der Waals surface area contributed by atoms with Gasteiger partial charge in [-0.05, 0) is 25.0 Å². The molecule has 0 unspecified atom stereocenters. The molecule has 3 aromatic heterocycles. The van der Waals surface area contributed by atoms with Crippen molar-refractivity contribution < 1.29 is 4.74 Å². The predicted octanol–water partition coefficient (Wildman–Crippen LogP) is 2.42. The van der Waals surface area contributed by atoms with Gasteiger partial charge in [0.1, 0.15) is 17.0 Å². The molecule has 27 heavy (non-hydrogen) atoms. The van der Waals surface area contributed by atoms with Crippen molar-refractivity contribution in [2.24, 2.45) is 0 Å². The zero-order valence-electron chi connectivity index (χ0n) is 15.2. The summed E-state index contributed by atoms with van der Waals surface area (Å²) < 4.78 is 7.73. The van der Waals surface area contributed by atoms with E-state index in [0.29, 0.717) is 25.1 Å². The highest BCUT2D eigenvalue weighted by molar-refractivity contribution is 5.88. The molecule has 8 heteroatoms. The fraction of sp³-hybridized carbons (Fsp3) is 0.474. The number of morpholine rings is 1. The molecule has 0 amide bonds. The second-order valence-corrected chi connectivity index (χ2v) is 7.21. The van der Waals surface area contributed by atoms with Gasteiger partial charge in [-0.1, -0.05) is 12.8 Å². The molecule has 1 saturated carbocycles. The summed E-state index contributed by atoms with van der Waals surface area (Å²) >= 11 is 0. The minimum absolute atomic E-state index is 0.472. The fourth-order valence-corrected chi connectivity index (χ4v) is 4.01. The number of hydrogen-bond acceptors (Lipinski definition) is 7. The van der Waals surface area contributed by atoms with Crippen LogP contribution in [0.3, 0.4) is 0 Å². The van der Waals surface area contributed by atoms with Crippen LogP contribution in [-0.4, -0.2) is 50.8 Å². The first kappa shape index (κ1) is 16.4. The van der Waals surface area contributed by atoms with Crippen LogP contribution >= 0.6 is 0 Å². The highest BCUT2D eigenvalue weighted by Crippen LogP contribution is 2.34. The number of pyridine rings is 1. The van der Waals surface area contributed by atoms with E-state index in [1.165, 1.54) is 25.7 Å². The molecule has 0 bridgehead atoms. The van der Waals surface area contributed by atoms with Crippen molar-refractivity contribution in [3.05, 3.63) is 24.7 Å². The van der Waals surface area contributed by atoms with E-state index in [1.807, 2.05) is 12.4 Å². The Hall–Kier alpha value is -2.74. The summed E-state index contributed by atoms with van der Waals surface area (Å²) in [6.45, 7) is 2.98. The van der Waals surface area contributed by atoms with Gasteiger partial charge < -0.3 is 19.9 Å². The Morgan fingerprint density at radius 3 is 2.59 bits per heavy atom. The number of hydrogen-bond donors (Lipinski definition) is 1. The molecule has 8 nitrogen and oxygen atoms in total. The van der Waals surface area contributed by atoms with Gasteiger partial charge >= 0.3 is 0 Å². The summed E-state index contributed by atoms with van der Waals surface area (Å²) in [6.07, 6.45) is 8.57. The first-order valence-corrected chi connectivity index (χ1v) is 9.59. The van der Waals surface area contributed by atoms with E-state index >= 15 is 0 Å². The molecular weight excluding hydrogens is 342 g/mol. The molecule has 3 aromatic rings. The van der Waals surface area contributed by atoms with Crippen molar-refractivity contribution in [1.29, 1.82) is 0 Å². The molecule has 0 atom stereocenters. The Balaban J connectivity index is 1.67. The molecule has 2 N–H and O–H groups in total. The van der Waals surface area contributed by atoms with Gasteiger partial charge in [-0.2, -0.15) is 4.98 Å². The second kappa shape index (κ2) is 6.77. The van der Waals surface area contributed by atoms with Crippen LogP contribution in [0.15, 0.2) is 24.7 Å². The van der Waals surface area contributed by atoms with Crippen molar-refractivity contribution in [2.45, 2.75) is 31.7 Å². The molecule has 5 rings (SSSR count). The van der Waals surface area contributed by atoms with Gasteiger partial charge in [0.25, 0.3) is 0 Å². The zero-order valence-corrected chi connectivity index (χ0v) is 15.2. The van der Waals surface area contributed by atoms with Crippen LogP contribution in [0, 0.1) is 0 Å². The van der Waals surface area contributed by atoms with Crippen molar-refractivity contribution >= 4 is 22.9 Å². The lowest BCUT2D eigenvalue weighted by atomic mass is 10.2. The van der Waals surface area contributed by atoms with Crippen LogP contribution in [0.2, 0.25) is 0 Å². The van der Waals surface area contributed by atoms with Crippen LogP contribution in [-0.2, 0) is 4.74 Å². The number of imidazole rings is 1. The van der Waals surface area contributed by atoms with E-state index in [0.717, 1.165) is 41.5 Å². The summed E-state index contributed by atoms with van der Waals surface area (Å²) in [5, 5.41) is 0. The van der Waals surface area contributed by atoms with Crippen molar-refractivity contribution in [3.8, 4) is 11.3 Å². The normalized spacial score (nSPS) is 18.4. The maximum atomic E-state index is 5.77. The van der Waals surface area contributed by atoms with E-state index in [2.05, 4.69) is 19.4 Å². The van der Waals surface area contributed by atoms with Gasteiger partial charge in [0, 0.05) is 30.9 Å². The smallest absolute Gasteiger partial charge is 0.228 e. The van der Waals surface area contributed by atoms with Gasteiger partial charge in [0.05, 0.1) is 19.5 Å². The number of ether oxygens (including phenoxy) is 1. The van der Waals surface area contributed by atoms with Gasteiger partial charge in [0.15, 0.2) is 5.65 Å². The molecule has 140 valence electrons. The standard InChI is InChI=1S/C19H23N7O/c20-15-6-5-13(11-21-15)16-17-18(26(12-22-17)14-3-1-2-4-14)24-19(23-16)25-7-9-27-10-8-25/h5-6,11-12,14H,1-4,7-10H2,(H2,20,21). The third-order valence-electron chi connectivity index (χ3n) is 5.48. The SMILES string of the molecule is Nc1ccc(-c2nc(N3CCOCC3)nc3c2ncn3C2CCCC2)cn1. The Bertz CT molecular complexity index is 941. The Labute approximate surface area is 157 Å². The molecule has 2 aliphatic rings. The Morgan fingerprint density at radius 2 is 1.85 bits per heavy atom. The van der Waals surface area contributed by atoms with E-state index in [4.69, 9.17) is 20.4 Å². The molecule has 4 heterocycles. The van der Waals surface area contributed by atoms with Gasteiger partial charge in [0.2, 0.25) is 5.95 Å². The fourth-order valence-electron chi connectivity index (χ4n) is 4.01. The third kappa shape index (κ3) is 2.99. The van der Waals surface area contributed by atoms with Crippen LogP contribution in [0.25, 0.3) is 22.4 Å². The van der Waals surface area contributed by atoms with Gasteiger partial charge in [-0.15, -0.1) is 0 Å². The van der Waals surface area contributed by atoms with Crippen molar-refractivity contribution in [2.75, 3.05) is 36.9 Å². The van der Waals surface area contributed by atoms with Gasteiger partial charge in [-0.25, -0.2) is 15.0 Å². The lowest BCUT2D eigenvalue weighted by Crippen LogP contribution is -2.37. The van der Waals surface area contributed by atoms with E-state index in [1.54, 1.807) is 12.3 Å². The number of nitrogens with two attached hydrogens (primary N) is 1. The maximum absolute atomic E-state index is 5.77. The summed E-state index contributed by atoms with van der Waals surface area (Å²) in [4.78, 5) is 20.9. The number of anilines is 2. The van der Waals surface area contributed by atoms with E-state index in [9.17, 15) is 0 Å². The predicted molar refractivity (Wildman–Crippen MR) is 104 cm³/mol. The Kier molecular flexibility index (Phi) is 4.12. The molecule has 1 aliphatic carbocycles. The lowest BCUT2D eigenvalue weighted by molar-refractivity contribution is 0.122. The largest absolute Gasteiger partial charge is 0.384 e. The zero-order chi connectivity index (χ0) is 18.2.